The van der Waals surface area contributed by atoms with E-state index in [1.54, 1.807) is 41.3 Å². The van der Waals surface area contributed by atoms with Crippen molar-refractivity contribution in [2.24, 2.45) is 5.92 Å². The summed E-state index contributed by atoms with van der Waals surface area (Å²) in [5.41, 5.74) is 1.43. The van der Waals surface area contributed by atoms with E-state index in [4.69, 9.17) is 9.47 Å². The summed E-state index contributed by atoms with van der Waals surface area (Å²) in [6.07, 6.45) is -3.31. The predicted octanol–water partition coefficient (Wildman–Crippen LogP) is 5.25. The van der Waals surface area contributed by atoms with Crippen LogP contribution in [0.2, 0.25) is 0 Å². The Kier molecular flexibility index (Phi) is 6.86. The fraction of sp³-hybridized carbons (Fsp3) is 0.520. The molecule has 0 aliphatic carbocycles. The lowest BCUT2D eigenvalue weighted by Gasteiger charge is -2.38. The zero-order valence-electron chi connectivity index (χ0n) is 20.0. The zero-order valence-corrected chi connectivity index (χ0v) is 20.0. The molecule has 10 heteroatoms. The molecule has 1 saturated heterocycles. The van der Waals surface area contributed by atoms with Gasteiger partial charge < -0.3 is 19.7 Å². The Labute approximate surface area is 202 Å². The number of nitrogens with one attached hydrogen (secondary N) is 1. The first-order valence-electron chi connectivity index (χ1n) is 11.6. The Morgan fingerprint density at radius 2 is 1.89 bits per heavy atom. The molecule has 2 heterocycles. The Morgan fingerprint density at radius 1 is 1.23 bits per heavy atom. The number of benzene rings is 2. The lowest BCUT2D eigenvalue weighted by atomic mass is 9.88. The summed E-state index contributed by atoms with van der Waals surface area (Å²) in [7, 11) is 1.53. The highest BCUT2D eigenvalue weighted by Crippen LogP contribution is 2.43. The summed E-state index contributed by atoms with van der Waals surface area (Å²) in [5, 5.41) is 14.5. The molecule has 2 aliphatic heterocycles. The summed E-state index contributed by atoms with van der Waals surface area (Å²) in [6.45, 7) is 4.51. The minimum absolute atomic E-state index is 0.0338. The number of nitro benzene ring substituents is 1. The topological polar surface area (TPSA) is 76.9 Å². The van der Waals surface area contributed by atoms with Gasteiger partial charge >= 0.3 is 6.18 Å². The molecule has 1 fully saturated rings. The third-order valence-corrected chi connectivity index (χ3v) is 6.75. The number of hydrogen-bond donors (Lipinski definition) is 1. The molecule has 35 heavy (non-hydrogen) atoms. The van der Waals surface area contributed by atoms with Gasteiger partial charge in [0, 0.05) is 43.8 Å². The van der Waals surface area contributed by atoms with Gasteiger partial charge in [0.15, 0.2) is 0 Å². The van der Waals surface area contributed by atoms with Crippen LogP contribution in [0.1, 0.15) is 37.8 Å². The first-order chi connectivity index (χ1) is 16.5. The summed E-state index contributed by atoms with van der Waals surface area (Å²) < 4.78 is 52.8. The van der Waals surface area contributed by atoms with Crippen LogP contribution in [-0.4, -0.2) is 42.9 Å². The van der Waals surface area contributed by atoms with Gasteiger partial charge in [-0.3, -0.25) is 10.1 Å². The molecule has 1 atom stereocenters. The van der Waals surface area contributed by atoms with Gasteiger partial charge in [-0.2, -0.15) is 13.2 Å². The van der Waals surface area contributed by atoms with Gasteiger partial charge in [-0.1, -0.05) is 12.1 Å². The van der Waals surface area contributed by atoms with Crippen LogP contribution in [0.15, 0.2) is 36.4 Å². The number of halogens is 3. The van der Waals surface area contributed by atoms with Gasteiger partial charge in [0.05, 0.1) is 12.0 Å². The van der Waals surface area contributed by atoms with Crippen LogP contribution in [0.5, 0.6) is 11.5 Å². The zero-order chi connectivity index (χ0) is 25.4. The molecule has 190 valence electrons. The average Bonchev–Trinajstić information content (AvgIpc) is 3.11. The number of rotatable bonds is 7. The third-order valence-electron chi connectivity index (χ3n) is 6.75. The first kappa shape index (κ1) is 25.1. The van der Waals surface area contributed by atoms with Crippen molar-refractivity contribution in [3.05, 3.63) is 57.6 Å². The van der Waals surface area contributed by atoms with E-state index in [1.165, 1.54) is 7.11 Å². The second-order valence-corrected chi connectivity index (χ2v) is 9.82. The maximum Gasteiger partial charge on any atom is 0.404 e. The van der Waals surface area contributed by atoms with E-state index < -0.39 is 28.7 Å². The molecule has 1 N–H and O–H groups in total. The Balaban J connectivity index is 1.46. The standard InChI is InChI=1S/C25H30F3N3O4/c1-24(2)14-18-12-21(31(32)33)20(13-22(18)35-24)30-10-8-17(9-11-30)23(25(26,27)28)29-15-16-4-6-19(34-3)7-5-16/h4-7,12-13,17,23,29H,8-11,14-15H2,1-3H3. The molecule has 0 bridgehead atoms. The molecular formula is C25H30F3N3O4. The van der Waals surface area contributed by atoms with Crippen LogP contribution >= 0.6 is 0 Å². The summed E-state index contributed by atoms with van der Waals surface area (Å²) >= 11 is 0. The molecule has 2 aliphatic rings. The number of alkyl halides is 3. The lowest BCUT2D eigenvalue weighted by Crippen LogP contribution is -2.51. The number of nitrogens with zero attached hydrogens (tertiary/aromatic N) is 2. The van der Waals surface area contributed by atoms with Crippen molar-refractivity contribution in [2.75, 3.05) is 25.1 Å². The third kappa shape index (κ3) is 5.63. The molecular weight excluding hydrogens is 463 g/mol. The normalized spacial score (nSPS) is 18.6. The van der Waals surface area contributed by atoms with Gasteiger partial charge in [0.2, 0.25) is 0 Å². The number of fused-ring (bicyclic) bond motifs is 1. The van der Waals surface area contributed by atoms with Crippen molar-refractivity contribution < 1.29 is 27.6 Å². The smallest absolute Gasteiger partial charge is 0.404 e. The van der Waals surface area contributed by atoms with Crippen LogP contribution in [0.25, 0.3) is 0 Å². The number of methoxy groups -OCH3 is 1. The Hall–Kier alpha value is -3.01. The molecule has 7 nitrogen and oxygen atoms in total. The maximum absolute atomic E-state index is 13.9. The molecule has 0 aromatic heterocycles. The lowest BCUT2D eigenvalue weighted by molar-refractivity contribution is -0.384. The van der Waals surface area contributed by atoms with Gasteiger partial charge in [0.25, 0.3) is 5.69 Å². The predicted molar refractivity (Wildman–Crippen MR) is 126 cm³/mol. The molecule has 2 aromatic carbocycles. The van der Waals surface area contributed by atoms with Crippen molar-refractivity contribution in [1.29, 1.82) is 0 Å². The van der Waals surface area contributed by atoms with Crippen LogP contribution in [-0.2, 0) is 13.0 Å². The highest BCUT2D eigenvalue weighted by atomic mass is 19.4. The van der Waals surface area contributed by atoms with Crippen molar-refractivity contribution in [2.45, 2.75) is 57.5 Å². The van der Waals surface area contributed by atoms with Gasteiger partial charge in [-0.15, -0.1) is 0 Å². The van der Waals surface area contributed by atoms with E-state index >= 15 is 0 Å². The molecule has 4 rings (SSSR count). The Morgan fingerprint density at radius 3 is 2.46 bits per heavy atom. The van der Waals surface area contributed by atoms with E-state index in [9.17, 15) is 23.3 Å². The molecule has 0 spiro atoms. The summed E-state index contributed by atoms with van der Waals surface area (Å²) in [5.74, 6) is 0.614. The van der Waals surface area contributed by atoms with Gasteiger partial charge in [-0.25, -0.2) is 0 Å². The fourth-order valence-corrected chi connectivity index (χ4v) is 5.02. The molecule has 1 unspecified atom stereocenters. The van der Waals surface area contributed by atoms with E-state index in [1.807, 2.05) is 13.8 Å². The SMILES string of the molecule is COc1ccc(CNC(C2CCN(c3cc4c(cc3[N+](=O)[O-])CC(C)(C)O4)CC2)C(F)(F)F)cc1. The van der Waals surface area contributed by atoms with Crippen LogP contribution in [0.3, 0.4) is 0 Å². The number of ether oxygens (including phenoxy) is 2. The minimum Gasteiger partial charge on any atom is -0.497 e. The second kappa shape index (κ2) is 9.56. The molecule has 0 amide bonds. The van der Waals surface area contributed by atoms with Crippen molar-refractivity contribution >= 4 is 11.4 Å². The highest BCUT2D eigenvalue weighted by molar-refractivity contribution is 5.69. The van der Waals surface area contributed by atoms with Crippen LogP contribution in [0.4, 0.5) is 24.5 Å². The van der Waals surface area contributed by atoms with Crippen molar-refractivity contribution in [1.82, 2.24) is 5.32 Å². The van der Waals surface area contributed by atoms with E-state index in [0.717, 1.165) is 11.1 Å². The second-order valence-electron chi connectivity index (χ2n) is 9.82. The van der Waals surface area contributed by atoms with E-state index in [-0.39, 0.29) is 25.1 Å². The molecule has 0 saturated carbocycles. The first-order valence-corrected chi connectivity index (χ1v) is 11.6. The number of hydrogen-bond acceptors (Lipinski definition) is 6. The number of nitro groups is 1. The molecule has 2 aromatic rings. The summed E-state index contributed by atoms with van der Waals surface area (Å²) in [6, 6.07) is 8.45. The van der Waals surface area contributed by atoms with E-state index in [0.29, 0.717) is 36.7 Å². The van der Waals surface area contributed by atoms with Gasteiger partial charge in [0.1, 0.15) is 28.8 Å². The average molecular weight is 494 g/mol. The largest absolute Gasteiger partial charge is 0.497 e. The van der Waals surface area contributed by atoms with Crippen LogP contribution < -0.4 is 19.7 Å². The monoisotopic (exact) mass is 493 g/mol. The van der Waals surface area contributed by atoms with Crippen LogP contribution in [0, 0.1) is 16.0 Å². The van der Waals surface area contributed by atoms with Gasteiger partial charge in [-0.05, 0) is 50.3 Å². The molecule has 0 radical (unpaired) electrons. The highest BCUT2D eigenvalue weighted by Gasteiger charge is 2.45. The maximum atomic E-state index is 13.9. The quantitative estimate of drug-likeness (QED) is 0.419. The summed E-state index contributed by atoms with van der Waals surface area (Å²) in [4.78, 5) is 13.1. The minimum atomic E-state index is -4.40. The van der Waals surface area contributed by atoms with Crippen molar-refractivity contribution in [3.63, 3.8) is 0 Å². The van der Waals surface area contributed by atoms with Crippen molar-refractivity contribution in [3.8, 4) is 11.5 Å². The fourth-order valence-electron chi connectivity index (χ4n) is 5.02. The Bertz CT molecular complexity index is 1060. The van der Waals surface area contributed by atoms with E-state index in [2.05, 4.69) is 5.32 Å². The number of anilines is 1. The number of piperidine rings is 1.